The zero-order valence-corrected chi connectivity index (χ0v) is 14.4. The second-order valence-electron chi connectivity index (χ2n) is 5.06. The van der Waals surface area contributed by atoms with Gasteiger partial charge in [-0.3, -0.25) is 10.1 Å². The Balaban J connectivity index is 1.91. The van der Waals surface area contributed by atoms with Gasteiger partial charge in [-0.15, -0.1) is 0 Å². The number of nitrogens with zero attached hydrogens (tertiary/aromatic N) is 1. The van der Waals surface area contributed by atoms with E-state index in [0.717, 1.165) is 5.56 Å². The van der Waals surface area contributed by atoms with Crippen LogP contribution < -0.4 is 10.0 Å². The number of nitro groups is 1. The molecule has 2 rings (SSSR count). The molecule has 0 bridgehead atoms. The average Bonchev–Trinajstić information content (AvgIpc) is 2.53. The SMILES string of the molecule is Cc1ccc(S(=O)(=O)NCCNc2ccc([N+](=O)[O-])cc2Cl)cc1. The van der Waals surface area contributed by atoms with Gasteiger partial charge in [0.05, 0.1) is 20.5 Å². The molecule has 2 aromatic carbocycles. The van der Waals surface area contributed by atoms with Crippen molar-refractivity contribution in [1.82, 2.24) is 4.72 Å². The molecule has 0 aliphatic rings. The van der Waals surface area contributed by atoms with Crippen LogP contribution in [0.5, 0.6) is 0 Å². The van der Waals surface area contributed by atoms with Crippen LogP contribution >= 0.6 is 11.6 Å². The van der Waals surface area contributed by atoms with Crippen LogP contribution in [0.3, 0.4) is 0 Å². The number of rotatable bonds is 7. The fraction of sp³-hybridized carbons (Fsp3) is 0.200. The molecule has 0 fully saturated rings. The van der Waals surface area contributed by atoms with Crippen LogP contribution in [-0.4, -0.2) is 26.4 Å². The molecule has 0 heterocycles. The number of halogens is 1. The summed E-state index contributed by atoms with van der Waals surface area (Å²) in [4.78, 5) is 10.3. The maximum absolute atomic E-state index is 12.1. The summed E-state index contributed by atoms with van der Waals surface area (Å²) in [6, 6.07) is 10.6. The van der Waals surface area contributed by atoms with E-state index in [1.165, 1.54) is 30.3 Å². The Kier molecular flexibility index (Phi) is 5.76. The van der Waals surface area contributed by atoms with Gasteiger partial charge < -0.3 is 5.32 Å². The Morgan fingerprint density at radius 1 is 1.12 bits per heavy atom. The lowest BCUT2D eigenvalue weighted by atomic mass is 10.2. The Bertz CT molecular complexity index is 838. The molecule has 9 heteroatoms. The predicted molar refractivity (Wildman–Crippen MR) is 93.0 cm³/mol. The summed E-state index contributed by atoms with van der Waals surface area (Å²) in [7, 11) is -3.57. The normalized spacial score (nSPS) is 11.2. The van der Waals surface area contributed by atoms with Crippen LogP contribution in [0, 0.1) is 17.0 Å². The van der Waals surface area contributed by atoms with E-state index in [-0.39, 0.29) is 28.7 Å². The van der Waals surface area contributed by atoms with Crippen molar-refractivity contribution < 1.29 is 13.3 Å². The van der Waals surface area contributed by atoms with Crippen LogP contribution in [0.4, 0.5) is 11.4 Å². The minimum atomic E-state index is -3.57. The van der Waals surface area contributed by atoms with Crippen LogP contribution in [0.2, 0.25) is 5.02 Å². The molecule has 0 atom stereocenters. The molecule has 0 amide bonds. The molecular formula is C15H16ClN3O4S. The summed E-state index contributed by atoms with van der Waals surface area (Å²) in [5.41, 5.74) is 1.37. The number of aryl methyl sites for hydroxylation is 1. The van der Waals surface area contributed by atoms with E-state index < -0.39 is 14.9 Å². The highest BCUT2D eigenvalue weighted by Gasteiger charge is 2.13. The number of nitro benzene ring substituents is 1. The van der Waals surface area contributed by atoms with E-state index in [2.05, 4.69) is 10.0 Å². The van der Waals surface area contributed by atoms with Crippen molar-refractivity contribution in [1.29, 1.82) is 0 Å². The minimum Gasteiger partial charge on any atom is -0.383 e. The maximum Gasteiger partial charge on any atom is 0.271 e. The highest BCUT2D eigenvalue weighted by atomic mass is 35.5. The fourth-order valence-electron chi connectivity index (χ4n) is 1.94. The topological polar surface area (TPSA) is 101 Å². The molecule has 0 unspecified atom stereocenters. The van der Waals surface area contributed by atoms with Gasteiger partial charge in [-0.25, -0.2) is 13.1 Å². The van der Waals surface area contributed by atoms with Crippen LogP contribution in [0.15, 0.2) is 47.4 Å². The van der Waals surface area contributed by atoms with Gasteiger partial charge in [0.1, 0.15) is 0 Å². The predicted octanol–water partition coefficient (Wildman–Crippen LogP) is 2.95. The lowest BCUT2D eigenvalue weighted by molar-refractivity contribution is -0.384. The standard InChI is InChI=1S/C15H16ClN3O4S/c1-11-2-5-13(6-3-11)24(22,23)18-9-8-17-15-7-4-12(19(20)21)10-14(15)16/h2-7,10,17-18H,8-9H2,1H3. The lowest BCUT2D eigenvalue weighted by Crippen LogP contribution is -2.28. The zero-order chi connectivity index (χ0) is 17.7. The molecule has 0 saturated heterocycles. The smallest absolute Gasteiger partial charge is 0.271 e. The highest BCUT2D eigenvalue weighted by molar-refractivity contribution is 7.89. The Morgan fingerprint density at radius 3 is 2.38 bits per heavy atom. The van der Waals surface area contributed by atoms with Crippen molar-refractivity contribution in [2.45, 2.75) is 11.8 Å². The summed E-state index contributed by atoms with van der Waals surface area (Å²) in [6.45, 7) is 2.30. The van der Waals surface area contributed by atoms with E-state index in [4.69, 9.17) is 11.6 Å². The van der Waals surface area contributed by atoms with Crippen LogP contribution in [0.25, 0.3) is 0 Å². The van der Waals surface area contributed by atoms with Gasteiger partial charge in [-0.2, -0.15) is 0 Å². The first-order chi connectivity index (χ1) is 11.3. The first kappa shape index (κ1) is 18.2. The van der Waals surface area contributed by atoms with Crippen molar-refractivity contribution >= 4 is 33.0 Å². The van der Waals surface area contributed by atoms with E-state index >= 15 is 0 Å². The van der Waals surface area contributed by atoms with Crippen molar-refractivity contribution in [3.05, 3.63) is 63.2 Å². The number of nitrogens with one attached hydrogen (secondary N) is 2. The molecule has 2 N–H and O–H groups in total. The van der Waals surface area contributed by atoms with Gasteiger partial charge in [-0.05, 0) is 25.1 Å². The lowest BCUT2D eigenvalue weighted by Gasteiger charge is -2.10. The molecule has 0 saturated carbocycles. The number of hydrogen-bond acceptors (Lipinski definition) is 5. The molecule has 0 aliphatic heterocycles. The van der Waals surface area contributed by atoms with Gasteiger partial charge in [-0.1, -0.05) is 29.3 Å². The van der Waals surface area contributed by atoms with Crippen LogP contribution in [0.1, 0.15) is 5.56 Å². The third-order valence-corrected chi connectivity index (χ3v) is 5.02. The average molecular weight is 370 g/mol. The number of hydrogen-bond donors (Lipinski definition) is 2. The third-order valence-electron chi connectivity index (χ3n) is 3.23. The van der Waals surface area contributed by atoms with Gasteiger partial charge in [0.15, 0.2) is 0 Å². The number of non-ortho nitro benzene ring substituents is 1. The largest absolute Gasteiger partial charge is 0.383 e. The van der Waals surface area contributed by atoms with Crippen LogP contribution in [-0.2, 0) is 10.0 Å². The Labute approximate surface area is 144 Å². The molecule has 128 valence electrons. The van der Waals surface area contributed by atoms with E-state index in [9.17, 15) is 18.5 Å². The summed E-state index contributed by atoms with van der Waals surface area (Å²) in [6.07, 6.45) is 0. The number of benzene rings is 2. The summed E-state index contributed by atoms with van der Waals surface area (Å²) < 4.78 is 26.7. The molecule has 0 aliphatic carbocycles. The van der Waals surface area contributed by atoms with E-state index in [0.29, 0.717) is 5.69 Å². The first-order valence-electron chi connectivity index (χ1n) is 7.04. The second-order valence-corrected chi connectivity index (χ2v) is 7.23. The quantitative estimate of drug-likeness (QED) is 0.444. The molecule has 0 radical (unpaired) electrons. The molecule has 0 spiro atoms. The first-order valence-corrected chi connectivity index (χ1v) is 8.90. The fourth-order valence-corrected chi connectivity index (χ4v) is 3.22. The molecule has 24 heavy (non-hydrogen) atoms. The van der Waals surface area contributed by atoms with Crippen molar-refractivity contribution in [2.24, 2.45) is 0 Å². The minimum absolute atomic E-state index is 0.106. The summed E-state index contributed by atoms with van der Waals surface area (Å²) in [5.74, 6) is 0. The zero-order valence-electron chi connectivity index (χ0n) is 12.8. The monoisotopic (exact) mass is 369 g/mol. The van der Waals surface area contributed by atoms with Crippen molar-refractivity contribution in [2.75, 3.05) is 18.4 Å². The summed E-state index contributed by atoms with van der Waals surface area (Å²) in [5, 5.41) is 13.8. The number of sulfonamides is 1. The van der Waals surface area contributed by atoms with E-state index in [1.54, 1.807) is 12.1 Å². The van der Waals surface area contributed by atoms with Gasteiger partial charge in [0, 0.05) is 25.2 Å². The maximum atomic E-state index is 12.1. The van der Waals surface area contributed by atoms with Crippen molar-refractivity contribution in [3.8, 4) is 0 Å². The molecule has 7 nitrogen and oxygen atoms in total. The van der Waals surface area contributed by atoms with Gasteiger partial charge in [0.25, 0.3) is 5.69 Å². The number of anilines is 1. The highest BCUT2D eigenvalue weighted by Crippen LogP contribution is 2.26. The Hall–Kier alpha value is -2.16. The van der Waals surface area contributed by atoms with Gasteiger partial charge in [0.2, 0.25) is 10.0 Å². The van der Waals surface area contributed by atoms with Crippen molar-refractivity contribution in [3.63, 3.8) is 0 Å². The molecule has 2 aromatic rings. The third kappa shape index (κ3) is 4.67. The van der Waals surface area contributed by atoms with E-state index in [1.807, 2.05) is 6.92 Å². The Morgan fingerprint density at radius 2 is 1.79 bits per heavy atom. The molecular weight excluding hydrogens is 354 g/mol. The van der Waals surface area contributed by atoms with Gasteiger partial charge >= 0.3 is 0 Å². The summed E-state index contributed by atoms with van der Waals surface area (Å²) >= 11 is 5.95. The second kappa shape index (κ2) is 7.61. The molecule has 0 aromatic heterocycles.